The molecule has 0 amide bonds. The van der Waals surface area contributed by atoms with E-state index in [0.717, 1.165) is 19.5 Å². The van der Waals surface area contributed by atoms with Crippen molar-refractivity contribution in [2.45, 2.75) is 26.4 Å². The third kappa shape index (κ3) is 2.02. The number of hydrogen-bond donors (Lipinski definition) is 1. The molecule has 0 unspecified atom stereocenters. The van der Waals surface area contributed by atoms with Crippen molar-refractivity contribution < 1.29 is 0 Å². The van der Waals surface area contributed by atoms with Crippen LogP contribution in [-0.2, 0) is 19.5 Å². The number of H-pyrrole nitrogens is 1. The first-order valence-corrected chi connectivity index (χ1v) is 6.60. The van der Waals surface area contributed by atoms with Gasteiger partial charge in [-0.2, -0.15) is 10.2 Å². The van der Waals surface area contributed by atoms with Crippen LogP contribution in [-0.4, -0.2) is 26.5 Å². The van der Waals surface area contributed by atoms with Gasteiger partial charge >= 0.3 is 0 Å². The fraction of sp³-hybridized carbons (Fsp3) is 0.417. The van der Waals surface area contributed by atoms with Crippen LogP contribution in [0, 0.1) is 0 Å². The van der Waals surface area contributed by atoms with Gasteiger partial charge < -0.3 is 4.90 Å². The van der Waals surface area contributed by atoms with Crippen molar-refractivity contribution in [3.63, 3.8) is 0 Å². The van der Waals surface area contributed by atoms with Crippen LogP contribution in [0.25, 0.3) is 0 Å². The van der Waals surface area contributed by atoms with Gasteiger partial charge in [0.25, 0.3) is 5.56 Å². The predicted octanol–water partition coefficient (Wildman–Crippen LogP) is 1.20. The van der Waals surface area contributed by atoms with E-state index in [1.165, 1.54) is 11.3 Å². The van der Waals surface area contributed by atoms with Crippen LogP contribution in [0.15, 0.2) is 17.2 Å². The molecule has 0 fully saturated rings. The van der Waals surface area contributed by atoms with Crippen LogP contribution in [0.1, 0.15) is 18.2 Å². The Morgan fingerprint density at radius 1 is 1.47 bits per heavy atom. The summed E-state index contributed by atoms with van der Waals surface area (Å²) in [4.78, 5) is 13.5. The summed E-state index contributed by atoms with van der Waals surface area (Å²) in [6.07, 6.45) is 4.38. The first kappa shape index (κ1) is 12.2. The molecular formula is C12H14ClN5O. The Labute approximate surface area is 115 Å². The molecule has 0 spiro atoms. The second kappa shape index (κ2) is 4.70. The van der Waals surface area contributed by atoms with Crippen LogP contribution < -0.4 is 10.5 Å². The number of aromatic amines is 1. The minimum absolute atomic E-state index is 0.196. The van der Waals surface area contributed by atoms with Crippen molar-refractivity contribution in [3.8, 4) is 0 Å². The van der Waals surface area contributed by atoms with E-state index in [0.29, 0.717) is 12.2 Å². The number of anilines is 1. The Morgan fingerprint density at radius 3 is 3.11 bits per heavy atom. The van der Waals surface area contributed by atoms with Crippen molar-refractivity contribution in [2.75, 3.05) is 11.4 Å². The highest BCUT2D eigenvalue weighted by molar-refractivity contribution is 6.32. The SMILES string of the molecule is CCn1ncc2c1CCN(c1cn[nH]c(=O)c1Cl)C2. The lowest BCUT2D eigenvalue weighted by atomic mass is 10.1. The normalized spacial score (nSPS) is 14.5. The van der Waals surface area contributed by atoms with Gasteiger partial charge in [0.15, 0.2) is 0 Å². The molecule has 0 saturated carbocycles. The summed E-state index contributed by atoms with van der Waals surface area (Å²) in [5.41, 5.74) is 2.78. The average Bonchev–Trinajstić information content (AvgIpc) is 2.84. The Bertz CT molecular complexity index is 662. The van der Waals surface area contributed by atoms with E-state index in [1.807, 2.05) is 10.9 Å². The molecule has 19 heavy (non-hydrogen) atoms. The lowest BCUT2D eigenvalue weighted by molar-refractivity contribution is 0.598. The first-order chi connectivity index (χ1) is 9.20. The smallest absolute Gasteiger partial charge is 0.285 e. The quantitative estimate of drug-likeness (QED) is 0.897. The summed E-state index contributed by atoms with van der Waals surface area (Å²) < 4.78 is 2.02. The van der Waals surface area contributed by atoms with Crippen LogP contribution >= 0.6 is 11.6 Å². The van der Waals surface area contributed by atoms with Crippen molar-refractivity contribution in [2.24, 2.45) is 0 Å². The minimum Gasteiger partial charge on any atom is -0.364 e. The highest BCUT2D eigenvalue weighted by Crippen LogP contribution is 2.27. The Balaban J connectivity index is 1.94. The summed E-state index contributed by atoms with van der Waals surface area (Å²) in [7, 11) is 0. The maximum Gasteiger partial charge on any atom is 0.285 e. The zero-order valence-electron chi connectivity index (χ0n) is 10.6. The van der Waals surface area contributed by atoms with E-state index in [4.69, 9.17) is 11.6 Å². The fourth-order valence-electron chi connectivity index (χ4n) is 2.47. The highest BCUT2D eigenvalue weighted by Gasteiger charge is 2.22. The maximum atomic E-state index is 11.5. The van der Waals surface area contributed by atoms with Crippen LogP contribution in [0.3, 0.4) is 0 Å². The number of halogens is 1. The molecule has 100 valence electrons. The van der Waals surface area contributed by atoms with E-state index in [2.05, 4.69) is 27.1 Å². The van der Waals surface area contributed by atoms with Gasteiger partial charge in [-0.3, -0.25) is 9.48 Å². The summed E-state index contributed by atoms with van der Waals surface area (Å²) in [6.45, 7) is 4.48. The molecular weight excluding hydrogens is 266 g/mol. The van der Waals surface area contributed by atoms with Gasteiger partial charge in [0.05, 0.1) is 18.1 Å². The van der Waals surface area contributed by atoms with Gasteiger partial charge in [-0.25, -0.2) is 5.10 Å². The minimum atomic E-state index is -0.353. The Hall–Kier alpha value is -1.82. The molecule has 3 heterocycles. The average molecular weight is 280 g/mol. The molecule has 0 saturated heterocycles. The summed E-state index contributed by atoms with van der Waals surface area (Å²) in [6, 6.07) is 0. The molecule has 2 aromatic heterocycles. The number of aryl methyl sites for hydroxylation is 1. The molecule has 0 aliphatic carbocycles. The summed E-state index contributed by atoms with van der Waals surface area (Å²) >= 11 is 6.04. The molecule has 1 aliphatic rings. The van der Waals surface area contributed by atoms with E-state index in [-0.39, 0.29) is 10.6 Å². The van der Waals surface area contributed by atoms with E-state index >= 15 is 0 Å². The topological polar surface area (TPSA) is 66.8 Å². The Kier molecular flexibility index (Phi) is 3.02. The Morgan fingerprint density at radius 2 is 2.32 bits per heavy atom. The monoisotopic (exact) mass is 279 g/mol. The molecule has 2 aromatic rings. The zero-order valence-corrected chi connectivity index (χ0v) is 11.3. The van der Waals surface area contributed by atoms with Gasteiger partial charge in [0, 0.05) is 37.3 Å². The van der Waals surface area contributed by atoms with Gasteiger partial charge in [-0.1, -0.05) is 11.6 Å². The second-order valence-electron chi connectivity index (χ2n) is 4.50. The number of rotatable bonds is 2. The molecule has 0 aromatic carbocycles. The number of nitrogens with zero attached hydrogens (tertiary/aromatic N) is 4. The molecule has 1 N–H and O–H groups in total. The fourth-order valence-corrected chi connectivity index (χ4v) is 2.68. The standard InChI is InChI=1S/C12H14ClN5O/c1-2-18-9-3-4-17(7-8(9)5-15-18)10-6-14-16-12(19)11(10)13/h5-6H,2-4,7H2,1H3,(H,16,19). The molecule has 0 radical (unpaired) electrons. The third-order valence-corrected chi connectivity index (χ3v) is 3.80. The van der Waals surface area contributed by atoms with Crippen LogP contribution in [0.5, 0.6) is 0 Å². The van der Waals surface area contributed by atoms with Crippen molar-refractivity contribution in [1.82, 2.24) is 20.0 Å². The largest absolute Gasteiger partial charge is 0.364 e. The van der Waals surface area contributed by atoms with Gasteiger partial charge in [-0.05, 0) is 6.92 Å². The zero-order chi connectivity index (χ0) is 13.4. The molecule has 6 nitrogen and oxygen atoms in total. The highest BCUT2D eigenvalue weighted by atomic mass is 35.5. The van der Waals surface area contributed by atoms with Crippen LogP contribution in [0.4, 0.5) is 5.69 Å². The number of aromatic nitrogens is 4. The van der Waals surface area contributed by atoms with Crippen molar-refractivity contribution in [1.29, 1.82) is 0 Å². The summed E-state index contributed by atoms with van der Waals surface area (Å²) in [5, 5.41) is 10.7. The van der Waals surface area contributed by atoms with Gasteiger partial charge in [-0.15, -0.1) is 0 Å². The molecule has 0 atom stereocenters. The lowest BCUT2D eigenvalue weighted by Gasteiger charge is -2.29. The molecule has 1 aliphatic heterocycles. The van der Waals surface area contributed by atoms with Crippen molar-refractivity contribution in [3.05, 3.63) is 39.0 Å². The molecule has 7 heteroatoms. The van der Waals surface area contributed by atoms with Gasteiger partial charge in [0.2, 0.25) is 0 Å². The van der Waals surface area contributed by atoms with E-state index in [9.17, 15) is 4.79 Å². The maximum absolute atomic E-state index is 11.5. The lowest BCUT2D eigenvalue weighted by Crippen LogP contribution is -2.32. The molecule has 3 rings (SSSR count). The van der Waals surface area contributed by atoms with Crippen molar-refractivity contribution >= 4 is 17.3 Å². The second-order valence-corrected chi connectivity index (χ2v) is 4.88. The van der Waals surface area contributed by atoms with E-state index in [1.54, 1.807) is 6.20 Å². The first-order valence-electron chi connectivity index (χ1n) is 6.22. The molecule has 0 bridgehead atoms. The summed E-state index contributed by atoms with van der Waals surface area (Å²) in [5.74, 6) is 0. The number of hydrogen-bond acceptors (Lipinski definition) is 4. The van der Waals surface area contributed by atoms with Gasteiger partial charge in [0.1, 0.15) is 5.02 Å². The third-order valence-electron chi connectivity index (χ3n) is 3.43. The number of nitrogens with one attached hydrogen (secondary N) is 1. The predicted molar refractivity (Wildman–Crippen MR) is 72.5 cm³/mol. The van der Waals surface area contributed by atoms with E-state index < -0.39 is 0 Å². The van der Waals surface area contributed by atoms with Crippen LogP contribution in [0.2, 0.25) is 5.02 Å². The number of fused-ring (bicyclic) bond motifs is 1.